The van der Waals surface area contributed by atoms with Gasteiger partial charge in [0.2, 0.25) is 0 Å². The lowest BCUT2D eigenvalue weighted by molar-refractivity contribution is -0.139. The number of amides is 2. The quantitative estimate of drug-likeness (QED) is 0.620. The molecule has 20 heavy (non-hydrogen) atoms. The largest absolute Gasteiger partial charge is 0.463 e. The van der Waals surface area contributed by atoms with E-state index in [-0.39, 0.29) is 6.03 Å². The highest BCUT2D eigenvalue weighted by molar-refractivity contribution is 14.1. The Balaban J connectivity index is 2.48. The van der Waals surface area contributed by atoms with Crippen LogP contribution >= 0.6 is 22.6 Å². The van der Waals surface area contributed by atoms with Gasteiger partial charge in [0.15, 0.2) is 0 Å². The number of hydrogen-bond acceptors (Lipinski definition) is 3. The molecule has 2 rings (SSSR count). The minimum Gasteiger partial charge on any atom is -0.463 e. The van der Waals surface area contributed by atoms with Gasteiger partial charge in [-0.3, -0.25) is 0 Å². The van der Waals surface area contributed by atoms with Gasteiger partial charge in [-0.05, 0) is 48.1 Å². The molecule has 0 aliphatic carbocycles. The first kappa shape index (κ1) is 14.8. The number of urea groups is 1. The predicted octanol–water partition coefficient (Wildman–Crippen LogP) is 2.48. The van der Waals surface area contributed by atoms with E-state index < -0.39 is 12.0 Å². The predicted molar refractivity (Wildman–Crippen MR) is 82.9 cm³/mol. The van der Waals surface area contributed by atoms with Gasteiger partial charge in [-0.1, -0.05) is 18.2 Å². The Labute approximate surface area is 130 Å². The number of carbonyl (C=O) groups is 2. The average molecular weight is 386 g/mol. The Morgan fingerprint density at radius 2 is 2.10 bits per heavy atom. The number of rotatable bonds is 3. The van der Waals surface area contributed by atoms with Crippen LogP contribution in [-0.4, -0.2) is 18.6 Å². The van der Waals surface area contributed by atoms with Crippen molar-refractivity contribution in [2.45, 2.75) is 19.9 Å². The van der Waals surface area contributed by atoms with Gasteiger partial charge in [0.05, 0.1) is 18.2 Å². The number of esters is 1. The maximum Gasteiger partial charge on any atom is 0.338 e. The first-order valence-corrected chi connectivity index (χ1v) is 7.32. The molecule has 1 unspecified atom stereocenters. The summed E-state index contributed by atoms with van der Waals surface area (Å²) >= 11 is 2.19. The molecule has 0 saturated heterocycles. The number of nitrogens with one attached hydrogen (secondary N) is 2. The summed E-state index contributed by atoms with van der Waals surface area (Å²) < 4.78 is 6.07. The number of carbonyl (C=O) groups excluding carboxylic acids is 2. The molecule has 1 atom stereocenters. The van der Waals surface area contributed by atoms with E-state index >= 15 is 0 Å². The molecule has 0 bridgehead atoms. The summed E-state index contributed by atoms with van der Waals surface area (Å²) in [6.45, 7) is 3.75. The maximum atomic E-state index is 12.1. The van der Waals surface area contributed by atoms with Crippen molar-refractivity contribution >= 4 is 34.6 Å². The van der Waals surface area contributed by atoms with E-state index in [0.29, 0.717) is 17.9 Å². The molecule has 0 saturated carbocycles. The summed E-state index contributed by atoms with van der Waals surface area (Å²) in [5, 5.41) is 5.39. The van der Waals surface area contributed by atoms with E-state index in [1.165, 1.54) is 0 Å². The molecule has 0 aromatic heterocycles. The van der Waals surface area contributed by atoms with Gasteiger partial charge in [-0.25, -0.2) is 9.59 Å². The SMILES string of the molecule is CCOC(=O)C1=C(C)NC(=O)NC1c1ccccc1I. The van der Waals surface area contributed by atoms with Gasteiger partial charge in [0, 0.05) is 9.27 Å². The first-order valence-electron chi connectivity index (χ1n) is 6.24. The summed E-state index contributed by atoms with van der Waals surface area (Å²) in [6, 6.07) is 6.81. The standard InChI is InChI=1S/C14H15IN2O3/c1-3-20-13(18)11-8(2)16-14(19)17-12(11)9-6-4-5-7-10(9)15/h4-7,12H,3H2,1-2H3,(H2,16,17,19). The van der Waals surface area contributed by atoms with Crippen molar-refractivity contribution in [1.82, 2.24) is 10.6 Å². The molecule has 1 aromatic rings. The Morgan fingerprint density at radius 3 is 2.75 bits per heavy atom. The van der Waals surface area contributed by atoms with E-state index in [0.717, 1.165) is 9.13 Å². The average Bonchev–Trinajstić information content (AvgIpc) is 2.38. The molecule has 5 nitrogen and oxygen atoms in total. The van der Waals surface area contributed by atoms with Crippen molar-refractivity contribution in [1.29, 1.82) is 0 Å². The molecule has 6 heteroatoms. The minimum absolute atomic E-state index is 0.294. The van der Waals surface area contributed by atoms with Gasteiger partial charge in [-0.2, -0.15) is 0 Å². The number of hydrogen-bond donors (Lipinski definition) is 2. The molecule has 2 amide bonds. The summed E-state index contributed by atoms with van der Waals surface area (Å²) in [5.74, 6) is -0.415. The van der Waals surface area contributed by atoms with Crippen LogP contribution in [0.3, 0.4) is 0 Å². The van der Waals surface area contributed by atoms with E-state index in [1.807, 2.05) is 24.3 Å². The van der Waals surface area contributed by atoms with E-state index in [2.05, 4.69) is 33.2 Å². The molecule has 0 fully saturated rings. The van der Waals surface area contributed by atoms with Crippen molar-refractivity contribution in [2.24, 2.45) is 0 Å². The second kappa shape index (κ2) is 6.25. The van der Waals surface area contributed by atoms with Gasteiger partial charge in [-0.15, -0.1) is 0 Å². The lowest BCUT2D eigenvalue weighted by atomic mass is 9.96. The summed E-state index contributed by atoms with van der Waals surface area (Å²) in [5.41, 5.74) is 1.85. The zero-order valence-electron chi connectivity index (χ0n) is 11.2. The van der Waals surface area contributed by atoms with Gasteiger partial charge in [0.1, 0.15) is 0 Å². The van der Waals surface area contributed by atoms with Crippen molar-refractivity contribution in [3.05, 3.63) is 44.7 Å². The third-order valence-corrected chi connectivity index (χ3v) is 3.96. The van der Waals surface area contributed by atoms with Crippen LogP contribution in [0.25, 0.3) is 0 Å². The van der Waals surface area contributed by atoms with Gasteiger partial charge in [0.25, 0.3) is 0 Å². The van der Waals surface area contributed by atoms with Crippen molar-refractivity contribution < 1.29 is 14.3 Å². The van der Waals surface area contributed by atoms with Gasteiger partial charge < -0.3 is 15.4 Å². The molecular weight excluding hydrogens is 371 g/mol. The first-order chi connectivity index (χ1) is 9.54. The van der Waals surface area contributed by atoms with Crippen LogP contribution in [0.15, 0.2) is 35.5 Å². The van der Waals surface area contributed by atoms with Crippen LogP contribution < -0.4 is 10.6 Å². The van der Waals surface area contributed by atoms with Crippen LogP contribution in [0.4, 0.5) is 4.79 Å². The molecular formula is C14H15IN2O3. The van der Waals surface area contributed by atoms with Crippen LogP contribution in [0.1, 0.15) is 25.5 Å². The summed E-state index contributed by atoms with van der Waals surface area (Å²) in [7, 11) is 0. The Kier molecular flexibility index (Phi) is 4.64. The van der Waals surface area contributed by atoms with E-state index in [4.69, 9.17) is 4.74 Å². The number of ether oxygens (including phenoxy) is 1. The fourth-order valence-electron chi connectivity index (χ4n) is 2.12. The molecule has 0 radical (unpaired) electrons. The molecule has 1 aliphatic rings. The zero-order chi connectivity index (χ0) is 14.7. The molecule has 0 spiro atoms. The van der Waals surface area contributed by atoms with E-state index in [1.54, 1.807) is 13.8 Å². The van der Waals surface area contributed by atoms with Gasteiger partial charge >= 0.3 is 12.0 Å². The normalized spacial score (nSPS) is 18.4. The molecule has 1 heterocycles. The lowest BCUT2D eigenvalue weighted by Crippen LogP contribution is -2.45. The molecule has 2 N–H and O–H groups in total. The molecule has 106 valence electrons. The number of benzene rings is 1. The lowest BCUT2D eigenvalue weighted by Gasteiger charge is -2.28. The zero-order valence-corrected chi connectivity index (χ0v) is 13.4. The van der Waals surface area contributed by atoms with E-state index in [9.17, 15) is 9.59 Å². The van der Waals surface area contributed by atoms with Crippen LogP contribution in [0, 0.1) is 3.57 Å². The van der Waals surface area contributed by atoms with Crippen molar-refractivity contribution in [3.63, 3.8) is 0 Å². The smallest absolute Gasteiger partial charge is 0.338 e. The fourth-order valence-corrected chi connectivity index (χ4v) is 2.81. The maximum absolute atomic E-state index is 12.1. The van der Waals surface area contributed by atoms with Crippen molar-refractivity contribution in [2.75, 3.05) is 6.61 Å². The molecule has 1 aliphatic heterocycles. The fraction of sp³-hybridized carbons (Fsp3) is 0.286. The van der Waals surface area contributed by atoms with Crippen molar-refractivity contribution in [3.8, 4) is 0 Å². The number of allylic oxidation sites excluding steroid dienone is 1. The second-order valence-electron chi connectivity index (χ2n) is 4.31. The minimum atomic E-state index is -0.490. The third-order valence-electron chi connectivity index (χ3n) is 2.98. The topological polar surface area (TPSA) is 67.4 Å². The van der Waals surface area contributed by atoms with Crippen LogP contribution in [0.2, 0.25) is 0 Å². The van der Waals surface area contributed by atoms with Crippen LogP contribution in [0.5, 0.6) is 0 Å². The highest BCUT2D eigenvalue weighted by Gasteiger charge is 2.32. The van der Waals surface area contributed by atoms with Crippen LogP contribution in [-0.2, 0) is 9.53 Å². The second-order valence-corrected chi connectivity index (χ2v) is 5.47. The Hall–Kier alpha value is -1.57. The Morgan fingerprint density at radius 1 is 1.40 bits per heavy atom. The monoisotopic (exact) mass is 386 g/mol. The highest BCUT2D eigenvalue weighted by Crippen LogP contribution is 2.30. The summed E-state index contributed by atoms with van der Waals surface area (Å²) in [4.78, 5) is 23.8. The highest BCUT2D eigenvalue weighted by atomic mass is 127. The summed E-state index contributed by atoms with van der Waals surface area (Å²) in [6.07, 6.45) is 0. The molecule has 1 aromatic carbocycles. The Bertz CT molecular complexity index is 584. The third kappa shape index (κ3) is 2.95. The number of halogens is 1.